The summed E-state index contributed by atoms with van der Waals surface area (Å²) in [4.78, 5) is 28.8. The van der Waals surface area contributed by atoms with Crippen molar-refractivity contribution in [1.82, 2.24) is 0 Å². The van der Waals surface area contributed by atoms with Crippen molar-refractivity contribution in [3.05, 3.63) is 180 Å². The van der Waals surface area contributed by atoms with Crippen LogP contribution in [0.5, 0.6) is 23.0 Å². The van der Waals surface area contributed by atoms with E-state index in [4.69, 9.17) is 18.9 Å². The van der Waals surface area contributed by atoms with Gasteiger partial charge in [-0.25, -0.2) is 0 Å². The van der Waals surface area contributed by atoms with Crippen LogP contribution in [0.25, 0.3) is 54.9 Å². The second-order valence-corrected chi connectivity index (χ2v) is 34.7. The third-order valence-corrected chi connectivity index (χ3v) is 26.6. The number of ether oxygens (including phenoxy) is 4. The zero-order valence-corrected chi connectivity index (χ0v) is 68.6. The van der Waals surface area contributed by atoms with E-state index in [0.717, 1.165) is 144 Å². The van der Waals surface area contributed by atoms with Crippen LogP contribution >= 0.6 is 0 Å². The Balaban J connectivity index is 0.681. The lowest BCUT2D eigenvalue weighted by Gasteiger charge is -2.28. The predicted octanol–water partition coefficient (Wildman–Crippen LogP) is 31.1. The average Bonchev–Trinajstić information content (AvgIpc) is 0.743. The minimum absolute atomic E-state index is 0.237. The van der Waals surface area contributed by atoms with Crippen LogP contribution in [0.2, 0.25) is 0 Å². The standard InChI is InChI=1S/C104H138O6/c1-5-27-77-33-41-81(42-34-77)85-49-53-89(54-50-85)91-61-69-97-93(75-91)63-71-99(109-101(105)31-23-19-15-11-9-13-17-21-25-73-107-95-65-57-87(58-66-95)83-45-37-79(29-7-3)38-46-83)103(97)104-98-70-62-92(90-55-51-86(52-56-90)82-43-35-78(28-6-2)36-44-82)76-94(98)64-72-100(104)110-102(106)32-24-20-16-12-10-14-18-22-26-74-108-96-67-59-88(60-68-96)84-47-39-80(30-8-4)40-48-84/h49-72,75-84H,5-48,73-74H2,1-4H3/t77-,78-,79-,80-,81-,82-,83-,84-. The van der Waals surface area contributed by atoms with Crippen molar-refractivity contribution in [1.29, 1.82) is 0 Å². The molecule has 8 aromatic rings. The molecule has 0 spiro atoms. The Bertz CT molecular complexity index is 3740. The van der Waals surface area contributed by atoms with Gasteiger partial charge in [0.1, 0.15) is 23.0 Å². The van der Waals surface area contributed by atoms with Gasteiger partial charge in [0.15, 0.2) is 0 Å². The minimum atomic E-state index is -0.237. The number of esters is 2. The Labute approximate surface area is 665 Å². The molecule has 8 aromatic carbocycles. The van der Waals surface area contributed by atoms with Crippen LogP contribution < -0.4 is 18.9 Å². The largest absolute Gasteiger partial charge is 0.494 e. The predicted molar refractivity (Wildman–Crippen MR) is 464 cm³/mol. The summed E-state index contributed by atoms with van der Waals surface area (Å²) in [7, 11) is 0. The molecule has 0 amide bonds. The number of rotatable bonds is 43. The highest BCUT2D eigenvalue weighted by Gasteiger charge is 2.28. The quantitative estimate of drug-likeness (QED) is 0.0215. The molecule has 0 heterocycles. The summed E-state index contributed by atoms with van der Waals surface area (Å²) in [5, 5.41) is 3.96. The molecule has 590 valence electrons. The maximum Gasteiger partial charge on any atom is 0.311 e. The lowest BCUT2D eigenvalue weighted by atomic mass is 9.77. The second kappa shape index (κ2) is 44.3. The zero-order valence-electron chi connectivity index (χ0n) is 68.6. The summed E-state index contributed by atoms with van der Waals surface area (Å²) in [5.41, 5.74) is 12.1. The smallest absolute Gasteiger partial charge is 0.311 e. The number of hydrogen-bond donors (Lipinski definition) is 0. The lowest BCUT2D eigenvalue weighted by Crippen LogP contribution is -2.13. The monoisotopic (exact) mass is 1480 g/mol. The van der Waals surface area contributed by atoms with E-state index in [1.807, 2.05) is 12.1 Å². The van der Waals surface area contributed by atoms with Gasteiger partial charge in [0, 0.05) is 24.0 Å². The molecule has 4 fully saturated rings. The molecular weight excluding hydrogens is 1350 g/mol. The number of unbranched alkanes of at least 4 members (excludes halogenated alkanes) is 16. The van der Waals surface area contributed by atoms with E-state index in [1.165, 1.54) is 252 Å². The van der Waals surface area contributed by atoms with Crippen LogP contribution in [0, 0.1) is 23.7 Å². The number of fused-ring (bicyclic) bond motifs is 2. The van der Waals surface area contributed by atoms with Gasteiger partial charge in [0.05, 0.1) is 13.2 Å². The fourth-order valence-electron chi connectivity index (χ4n) is 19.9. The zero-order chi connectivity index (χ0) is 75.9. The fourth-order valence-corrected chi connectivity index (χ4v) is 19.9. The molecule has 4 aliphatic carbocycles. The molecule has 0 saturated heterocycles. The van der Waals surface area contributed by atoms with E-state index in [2.05, 4.69) is 173 Å². The molecule has 4 saturated carbocycles. The molecule has 4 aliphatic rings. The van der Waals surface area contributed by atoms with E-state index < -0.39 is 0 Å². The summed E-state index contributed by atoms with van der Waals surface area (Å²) in [6.07, 6.45) is 52.5. The first-order valence-corrected chi connectivity index (χ1v) is 45.4. The molecule has 6 heteroatoms. The molecule has 12 rings (SSSR count). The van der Waals surface area contributed by atoms with Crippen LogP contribution in [0.1, 0.15) is 356 Å². The van der Waals surface area contributed by atoms with Gasteiger partial charge in [-0.1, -0.05) is 278 Å². The SMILES string of the molecule is CCC[C@H]1CC[C@H](c2ccc(OCCCCCCCCCCCC(=O)Oc3ccc4cc(-c5ccc([C@H]6CC[C@H](CCC)CC6)cc5)ccc4c3-c3c(OC(=O)CCCCCCCCCCCOc4ccc([C@H]5CC[C@H](CCC)CC5)cc4)ccc4cc(-c5ccc([C@H]6CC[C@H](CCC)CC6)cc5)ccc34)cc2)CC1. The van der Waals surface area contributed by atoms with Crippen LogP contribution in [-0.2, 0) is 9.59 Å². The first-order valence-electron chi connectivity index (χ1n) is 45.4. The fraction of sp³-hybridized carbons (Fsp3) is 0.558. The lowest BCUT2D eigenvalue weighted by molar-refractivity contribution is -0.135. The molecule has 0 aromatic heterocycles. The molecule has 0 unspecified atom stereocenters. The molecular formula is C104H138O6. The summed E-state index contributed by atoms with van der Waals surface area (Å²) in [6, 6.07) is 58.4. The van der Waals surface area contributed by atoms with Crippen molar-refractivity contribution in [2.24, 2.45) is 23.7 Å². The van der Waals surface area contributed by atoms with Gasteiger partial charge < -0.3 is 18.9 Å². The minimum Gasteiger partial charge on any atom is -0.494 e. The van der Waals surface area contributed by atoms with Gasteiger partial charge in [-0.05, 0) is 290 Å². The van der Waals surface area contributed by atoms with Gasteiger partial charge in [0.25, 0.3) is 0 Å². The third kappa shape index (κ3) is 24.4. The van der Waals surface area contributed by atoms with Crippen molar-refractivity contribution in [3.8, 4) is 56.4 Å². The van der Waals surface area contributed by atoms with Gasteiger partial charge >= 0.3 is 11.9 Å². The Morgan fingerprint density at radius 1 is 0.282 bits per heavy atom. The molecule has 0 aliphatic heterocycles. The van der Waals surface area contributed by atoms with Crippen LogP contribution in [0.15, 0.2) is 158 Å². The van der Waals surface area contributed by atoms with E-state index in [9.17, 15) is 9.59 Å². The molecule has 0 N–H and O–H groups in total. The van der Waals surface area contributed by atoms with Crippen LogP contribution in [0.3, 0.4) is 0 Å². The van der Waals surface area contributed by atoms with Crippen molar-refractivity contribution >= 4 is 33.5 Å². The molecule has 6 nitrogen and oxygen atoms in total. The van der Waals surface area contributed by atoms with Crippen molar-refractivity contribution in [2.45, 2.75) is 334 Å². The van der Waals surface area contributed by atoms with Crippen molar-refractivity contribution in [3.63, 3.8) is 0 Å². The van der Waals surface area contributed by atoms with Gasteiger partial charge in [-0.15, -0.1) is 0 Å². The second-order valence-electron chi connectivity index (χ2n) is 34.7. The third-order valence-electron chi connectivity index (χ3n) is 26.6. The summed E-state index contributed by atoms with van der Waals surface area (Å²) >= 11 is 0. The number of hydrogen-bond acceptors (Lipinski definition) is 6. The highest BCUT2D eigenvalue weighted by molar-refractivity contribution is 6.11. The van der Waals surface area contributed by atoms with Crippen LogP contribution in [0.4, 0.5) is 0 Å². The van der Waals surface area contributed by atoms with E-state index in [1.54, 1.807) is 0 Å². The molecule has 0 radical (unpaired) electrons. The van der Waals surface area contributed by atoms with Crippen LogP contribution in [-0.4, -0.2) is 25.2 Å². The van der Waals surface area contributed by atoms with Gasteiger partial charge in [-0.2, -0.15) is 0 Å². The summed E-state index contributed by atoms with van der Waals surface area (Å²) in [6.45, 7) is 10.8. The first kappa shape index (κ1) is 82.3. The first-order chi connectivity index (χ1) is 54.2. The Morgan fingerprint density at radius 2 is 0.545 bits per heavy atom. The number of carbonyl (C=O) groups is 2. The highest BCUT2D eigenvalue weighted by atomic mass is 16.5. The van der Waals surface area contributed by atoms with Gasteiger partial charge in [0.2, 0.25) is 0 Å². The molecule has 110 heavy (non-hydrogen) atoms. The van der Waals surface area contributed by atoms with E-state index in [-0.39, 0.29) is 11.9 Å². The average molecular weight is 1480 g/mol. The van der Waals surface area contributed by atoms with E-state index in [0.29, 0.717) is 48.0 Å². The number of benzene rings is 8. The van der Waals surface area contributed by atoms with Gasteiger partial charge in [-0.3, -0.25) is 9.59 Å². The normalized spacial score (nSPS) is 20.2. The van der Waals surface area contributed by atoms with E-state index >= 15 is 0 Å². The highest BCUT2D eigenvalue weighted by Crippen LogP contribution is 2.49. The Hall–Kier alpha value is -7.18. The summed E-state index contributed by atoms with van der Waals surface area (Å²) in [5.74, 6) is 8.81. The van der Waals surface area contributed by atoms with Crippen molar-refractivity contribution in [2.75, 3.05) is 13.2 Å². The topological polar surface area (TPSA) is 71.1 Å². The molecule has 0 atom stereocenters. The Morgan fingerprint density at radius 3 is 0.836 bits per heavy atom. The maximum absolute atomic E-state index is 14.4. The van der Waals surface area contributed by atoms with Crippen molar-refractivity contribution < 1.29 is 28.5 Å². The number of carbonyl (C=O) groups excluding carboxylic acids is 2. The summed E-state index contributed by atoms with van der Waals surface area (Å²) < 4.78 is 25.7. The maximum atomic E-state index is 14.4. The Kier molecular flexibility index (Phi) is 33.1. The molecule has 0 bridgehead atoms.